The standard InChI is InChI=1S/C19H21F3N4O2S/c1-4-12-8-9-16(28-3)17(10-12)29-11-13-14(19(20,21)22)6-5-7-15(13)26-18(27)25(2)23-24-26/h5-10,23-24H,4,11H2,1-3H3. The summed E-state index contributed by atoms with van der Waals surface area (Å²) < 4.78 is 46.4. The number of amides is 2. The zero-order valence-electron chi connectivity index (χ0n) is 16.1. The van der Waals surface area contributed by atoms with Crippen molar-refractivity contribution in [2.75, 3.05) is 19.2 Å². The minimum absolute atomic E-state index is 0.00369. The molecule has 0 spiro atoms. The molecule has 2 N–H and O–H groups in total. The Morgan fingerprint density at radius 2 is 1.93 bits per heavy atom. The van der Waals surface area contributed by atoms with E-state index in [0.717, 1.165) is 33.0 Å². The van der Waals surface area contributed by atoms with Crippen LogP contribution in [0.1, 0.15) is 23.6 Å². The van der Waals surface area contributed by atoms with Crippen LogP contribution in [0.2, 0.25) is 0 Å². The molecule has 1 fully saturated rings. The number of aryl methyl sites for hydroxylation is 1. The average molecular weight is 426 g/mol. The number of rotatable bonds is 6. The highest BCUT2D eigenvalue weighted by atomic mass is 32.2. The molecule has 1 heterocycles. The smallest absolute Gasteiger partial charge is 0.416 e. The molecule has 3 rings (SSSR count). The molecule has 2 amide bonds. The molecule has 0 atom stereocenters. The summed E-state index contributed by atoms with van der Waals surface area (Å²) in [6.45, 7) is 2.00. The molecule has 0 aliphatic carbocycles. The van der Waals surface area contributed by atoms with E-state index >= 15 is 0 Å². The lowest BCUT2D eigenvalue weighted by Crippen LogP contribution is -2.38. The number of hydrogen-bond acceptors (Lipinski definition) is 5. The highest BCUT2D eigenvalue weighted by Crippen LogP contribution is 2.41. The summed E-state index contributed by atoms with van der Waals surface area (Å²) in [5.74, 6) is 0.596. The van der Waals surface area contributed by atoms with Gasteiger partial charge in [0.1, 0.15) is 5.75 Å². The van der Waals surface area contributed by atoms with Crippen LogP contribution in [-0.4, -0.2) is 25.2 Å². The van der Waals surface area contributed by atoms with Gasteiger partial charge in [0, 0.05) is 17.7 Å². The first-order valence-electron chi connectivity index (χ1n) is 8.84. The van der Waals surface area contributed by atoms with Crippen LogP contribution in [0, 0.1) is 0 Å². The summed E-state index contributed by atoms with van der Waals surface area (Å²) in [4.78, 5) is 13.0. The fraction of sp³-hybridized carbons (Fsp3) is 0.316. The molecule has 0 bridgehead atoms. The molecule has 1 saturated heterocycles. The third-order valence-electron chi connectivity index (χ3n) is 4.51. The zero-order chi connectivity index (χ0) is 21.2. The monoisotopic (exact) mass is 426 g/mol. The van der Waals surface area contributed by atoms with Crippen molar-refractivity contribution in [2.45, 2.75) is 30.2 Å². The summed E-state index contributed by atoms with van der Waals surface area (Å²) in [7, 11) is 2.99. The minimum atomic E-state index is -4.55. The molecule has 1 aliphatic rings. The maximum atomic E-state index is 13.7. The van der Waals surface area contributed by atoms with Gasteiger partial charge in [0.05, 0.1) is 18.4 Å². The number of thioether (sulfide) groups is 1. The van der Waals surface area contributed by atoms with E-state index in [1.54, 1.807) is 0 Å². The van der Waals surface area contributed by atoms with Crippen LogP contribution in [0.25, 0.3) is 0 Å². The lowest BCUT2D eigenvalue weighted by Gasteiger charge is -2.22. The quantitative estimate of drug-likeness (QED) is 0.672. The number of anilines is 1. The molecule has 1 aliphatic heterocycles. The molecule has 0 radical (unpaired) electrons. The van der Waals surface area contributed by atoms with Crippen molar-refractivity contribution in [3.8, 4) is 5.75 Å². The Hall–Kier alpha value is -2.43. The fourth-order valence-corrected chi connectivity index (χ4v) is 4.07. The Kier molecular flexibility index (Phi) is 6.25. The van der Waals surface area contributed by atoms with Crippen molar-refractivity contribution in [1.82, 2.24) is 16.1 Å². The number of halogens is 3. The van der Waals surface area contributed by atoms with Gasteiger partial charge in [0.25, 0.3) is 0 Å². The van der Waals surface area contributed by atoms with Gasteiger partial charge in [-0.25, -0.2) is 14.8 Å². The molecular weight excluding hydrogens is 405 g/mol. The van der Waals surface area contributed by atoms with Crippen molar-refractivity contribution in [3.05, 3.63) is 53.1 Å². The highest BCUT2D eigenvalue weighted by Gasteiger charge is 2.37. The number of benzene rings is 2. The van der Waals surface area contributed by atoms with Crippen molar-refractivity contribution < 1.29 is 22.7 Å². The van der Waals surface area contributed by atoms with Crippen LogP contribution in [-0.2, 0) is 18.3 Å². The van der Waals surface area contributed by atoms with Crippen LogP contribution in [0.15, 0.2) is 41.3 Å². The van der Waals surface area contributed by atoms with E-state index in [2.05, 4.69) is 11.1 Å². The van der Waals surface area contributed by atoms with E-state index < -0.39 is 17.8 Å². The molecule has 2 aromatic carbocycles. The summed E-state index contributed by atoms with van der Waals surface area (Å²) >= 11 is 1.23. The molecule has 0 unspecified atom stereocenters. The van der Waals surface area contributed by atoms with Gasteiger partial charge < -0.3 is 4.74 Å². The number of alkyl halides is 3. The third kappa shape index (κ3) is 4.44. The molecule has 156 valence electrons. The Morgan fingerprint density at radius 3 is 2.52 bits per heavy atom. The van der Waals surface area contributed by atoms with E-state index in [9.17, 15) is 18.0 Å². The Labute approximate surface area is 170 Å². The summed E-state index contributed by atoms with van der Waals surface area (Å²) in [5, 5.41) is 2.20. The number of carbonyl (C=O) groups excluding carboxylic acids is 1. The van der Waals surface area contributed by atoms with Gasteiger partial charge in [0.2, 0.25) is 0 Å². The van der Waals surface area contributed by atoms with Gasteiger partial charge >= 0.3 is 12.2 Å². The lowest BCUT2D eigenvalue weighted by molar-refractivity contribution is -0.138. The minimum Gasteiger partial charge on any atom is -0.496 e. The largest absolute Gasteiger partial charge is 0.496 e. The van der Waals surface area contributed by atoms with Crippen LogP contribution in [0.3, 0.4) is 0 Å². The summed E-state index contributed by atoms with van der Waals surface area (Å²) in [6, 6.07) is 8.93. The molecule has 0 saturated carbocycles. The van der Waals surface area contributed by atoms with Crippen LogP contribution in [0.5, 0.6) is 5.75 Å². The normalized spacial score (nSPS) is 14.6. The first kappa shape index (κ1) is 21.3. The third-order valence-corrected chi connectivity index (χ3v) is 5.58. The molecular formula is C19H21F3N4O2S. The summed E-state index contributed by atoms with van der Waals surface area (Å²) in [5.41, 5.74) is 5.57. The fourth-order valence-electron chi connectivity index (χ4n) is 2.94. The number of nitrogens with zero attached hydrogens (tertiary/aromatic N) is 2. The van der Waals surface area contributed by atoms with Gasteiger partial charge in [-0.15, -0.1) is 22.8 Å². The lowest BCUT2D eigenvalue weighted by atomic mass is 10.1. The van der Waals surface area contributed by atoms with Crippen LogP contribution < -0.4 is 20.8 Å². The second kappa shape index (κ2) is 8.52. The first-order chi connectivity index (χ1) is 13.8. The predicted molar refractivity (Wildman–Crippen MR) is 105 cm³/mol. The second-order valence-corrected chi connectivity index (χ2v) is 7.35. The van der Waals surface area contributed by atoms with Gasteiger partial charge in [-0.3, -0.25) is 0 Å². The number of ether oxygens (including phenoxy) is 1. The second-order valence-electron chi connectivity index (χ2n) is 6.33. The van der Waals surface area contributed by atoms with Gasteiger partial charge in [-0.1, -0.05) is 19.1 Å². The number of hydrazine groups is 3. The molecule has 2 aromatic rings. The summed E-state index contributed by atoms with van der Waals surface area (Å²) in [6.07, 6.45) is -3.75. The van der Waals surface area contributed by atoms with Gasteiger partial charge in [-0.2, -0.15) is 13.2 Å². The molecule has 10 heteroatoms. The predicted octanol–water partition coefficient (Wildman–Crippen LogP) is 4.36. The van der Waals surface area contributed by atoms with E-state index in [4.69, 9.17) is 4.74 Å². The Balaban J connectivity index is 2.00. The van der Waals surface area contributed by atoms with E-state index in [0.29, 0.717) is 5.75 Å². The molecule has 0 aromatic heterocycles. The zero-order valence-corrected chi connectivity index (χ0v) is 16.9. The highest BCUT2D eigenvalue weighted by molar-refractivity contribution is 7.98. The van der Waals surface area contributed by atoms with Gasteiger partial charge in [-0.05, 0) is 41.8 Å². The van der Waals surface area contributed by atoms with Crippen molar-refractivity contribution in [2.24, 2.45) is 0 Å². The van der Waals surface area contributed by atoms with Gasteiger partial charge in [0.15, 0.2) is 0 Å². The first-order valence-corrected chi connectivity index (χ1v) is 9.82. The maximum Gasteiger partial charge on any atom is 0.416 e. The SMILES string of the molecule is CCc1ccc(OC)c(SCc2c(N3NNN(C)C3=O)cccc2C(F)(F)F)c1. The van der Waals surface area contributed by atoms with Crippen LogP contribution >= 0.6 is 11.8 Å². The van der Waals surface area contributed by atoms with Crippen molar-refractivity contribution in [1.29, 1.82) is 0 Å². The number of nitrogens with one attached hydrogen (secondary N) is 2. The maximum absolute atomic E-state index is 13.7. The van der Waals surface area contributed by atoms with Crippen molar-refractivity contribution >= 4 is 23.5 Å². The van der Waals surface area contributed by atoms with E-state index in [-0.39, 0.29) is 17.0 Å². The number of hydrogen-bond donors (Lipinski definition) is 2. The van der Waals surface area contributed by atoms with Crippen molar-refractivity contribution in [3.63, 3.8) is 0 Å². The Morgan fingerprint density at radius 1 is 1.17 bits per heavy atom. The van der Waals surface area contributed by atoms with Crippen LogP contribution in [0.4, 0.5) is 23.7 Å². The van der Waals surface area contributed by atoms with E-state index in [1.165, 1.54) is 38.1 Å². The topological polar surface area (TPSA) is 56.8 Å². The number of urea groups is 1. The molecule has 29 heavy (non-hydrogen) atoms. The number of methoxy groups -OCH3 is 1. The average Bonchev–Trinajstić information content (AvgIpc) is 3.03. The molecule has 6 nitrogen and oxygen atoms in total. The Bertz CT molecular complexity index is 908. The van der Waals surface area contributed by atoms with E-state index in [1.807, 2.05) is 25.1 Å². The number of carbonyl (C=O) groups is 1.